The zero-order valence-corrected chi connectivity index (χ0v) is 17.7. The van der Waals surface area contributed by atoms with Gasteiger partial charge in [-0.15, -0.1) is 0 Å². The lowest BCUT2D eigenvalue weighted by atomic mass is 9.61. The summed E-state index contributed by atoms with van der Waals surface area (Å²) in [5, 5.41) is 0. The summed E-state index contributed by atoms with van der Waals surface area (Å²) >= 11 is 0. The number of hydrogen-bond acceptors (Lipinski definition) is 4. The summed E-state index contributed by atoms with van der Waals surface area (Å²) in [4.78, 5) is 18.6. The van der Waals surface area contributed by atoms with Gasteiger partial charge in [0.25, 0.3) is 5.91 Å². The van der Waals surface area contributed by atoms with E-state index in [0.717, 1.165) is 31.5 Å². The molecule has 30 heavy (non-hydrogen) atoms. The zero-order valence-electron chi connectivity index (χ0n) is 17.7. The maximum atomic E-state index is 11.7. The van der Waals surface area contributed by atoms with Crippen LogP contribution in [0.3, 0.4) is 0 Å². The molecule has 1 aliphatic heterocycles. The minimum Gasteiger partial charge on any atom is -0.373 e. The van der Waals surface area contributed by atoms with E-state index < -0.39 is 5.91 Å². The number of ether oxygens (including phenoxy) is 1. The molecular weight excluding hydrogens is 374 g/mol. The number of piperidine rings is 1. The minimum atomic E-state index is -0.481. The second kappa shape index (κ2) is 7.78. The van der Waals surface area contributed by atoms with Crippen LogP contribution in [0.15, 0.2) is 48.7 Å². The molecule has 3 fully saturated rings. The quantitative estimate of drug-likeness (QED) is 0.824. The van der Waals surface area contributed by atoms with Crippen molar-refractivity contribution in [2.24, 2.45) is 17.6 Å². The first-order valence-corrected chi connectivity index (χ1v) is 11.2. The largest absolute Gasteiger partial charge is 0.373 e. The van der Waals surface area contributed by atoms with Gasteiger partial charge in [-0.05, 0) is 54.9 Å². The van der Waals surface area contributed by atoms with Crippen LogP contribution in [-0.4, -0.2) is 42.0 Å². The minimum absolute atomic E-state index is 0.326. The first kappa shape index (κ1) is 19.7. The van der Waals surface area contributed by atoms with Gasteiger partial charge < -0.3 is 10.5 Å². The number of pyridine rings is 1. The van der Waals surface area contributed by atoms with Gasteiger partial charge >= 0.3 is 0 Å². The number of carbonyl (C=O) groups is 1. The maximum Gasteiger partial charge on any atom is 0.267 e. The summed E-state index contributed by atoms with van der Waals surface area (Å²) in [6.07, 6.45) is 7.81. The number of fused-ring (bicyclic) bond motifs is 2. The molecule has 1 aromatic carbocycles. The number of nitrogens with zero attached hydrogens (tertiary/aromatic N) is 2. The topological polar surface area (TPSA) is 68.5 Å². The lowest BCUT2D eigenvalue weighted by Crippen LogP contribution is -2.62. The SMILES string of the molecule is CO[C@]1(c2ccnc(C(N)=O)c2)[C@@H]2CCC[C@H]1CN([C@@H]1CC[C@H]1c1ccccc1)C2. The molecule has 158 valence electrons. The number of amides is 1. The fourth-order valence-corrected chi connectivity index (χ4v) is 6.48. The fraction of sp³-hybridized carbons (Fsp3) is 0.520. The van der Waals surface area contributed by atoms with Crippen molar-refractivity contribution in [1.82, 2.24) is 9.88 Å². The highest BCUT2D eigenvalue weighted by atomic mass is 16.5. The Labute approximate surface area is 178 Å². The molecule has 1 saturated heterocycles. The number of methoxy groups -OCH3 is 1. The van der Waals surface area contributed by atoms with E-state index in [1.165, 1.54) is 24.8 Å². The van der Waals surface area contributed by atoms with Crippen LogP contribution in [-0.2, 0) is 10.3 Å². The van der Waals surface area contributed by atoms with Gasteiger partial charge in [0.15, 0.2) is 0 Å². The molecule has 0 radical (unpaired) electrons. The Morgan fingerprint density at radius 3 is 2.43 bits per heavy atom. The summed E-state index contributed by atoms with van der Waals surface area (Å²) in [7, 11) is 1.83. The van der Waals surface area contributed by atoms with E-state index in [4.69, 9.17) is 10.5 Å². The zero-order chi connectivity index (χ0) is 20.7. The average Bonchev–Trinajstić information content (AvgIpc) is 2.73. The molecule has 2 heterocycles. The van der Waals surface area contributed by atoms with Crippen LogP contribution >= 0.6 is 0 Å². The van der Waals surface area contributed by atoms with Gasteiger partial charge in [0, 0.05) is 44.3 Å². The van der Waals surface area contributed by atoms with Gasteiger partial charge in [-0.3, -0.25) is 14.7 Å². The summed E-state index contributed by atoms with van der Waals surface area (Å²) in [6.45, 7) is 2.10. The van der Waals surface area contributed by atoms with E-state index in [1.54, 1.807) is 6.20 Å². The maximum absolute atomic E-state index is 11.7. The highest BCUT2D eigenvalue weighted by Crippen LogP contribution is 2.53. The van der Waals surface area contributed by atoms with E-state index in [9.17, 15) is 4.79 Å². The summed E-state index contributed by atoms with van der Waals surface area (Å²) in [5.41, 5.74) is 8.03. The third-order valence-corrected chi connectivity index (χ3v) is 7.96. The van der Waals surface area contributed by atoms with Crippen molar-refractivity contribution in [2.45, 2.75) is 49.7 Å². The van der Waals surface area contributed by atoms with E-state index in [1.807, 2.05) is 19.2 Å². The number of primary amides is 1. The third kappa shape index (κ3) is 3.07. The smallest absolute Gasteiger partial charge is 0.267 e. The van der Waals surface area contributed by atoms with Crippen molar-refractivity contribution >= 4 is 5.91 Å². The van der Waals surface area contributed by atoms with Crippen LogP contribution in [0.5, 0.6) is 0 Å². The Kier molecular flexibility index (Phi) is 5.11. The Morgan fingerprint density at radius 1 is 1.10 bits per heavy atom. The third-order valence-electron chi connectivity index (χ3n) is 7.96. The molecule has 3 aliphatic rings. The highest BCUT2D eigenvalue weighted by molar-refractivity contribution is 5.90. The molecule has 5 atom stereocenters. The molecule has 2 bridgehead atoms. The first-order valence-electron chi connectivity index (χ1n) is 11.2. The van der Waals surface area contributed by atoms with Crippen LogP contribution in [0.4, 0.5) is 0 Å². The number of rotatable bonds is 5. The van der Waals surface area contributed by atoms with Gasteiger partial charge in [-0.2, -0.15) is 0 Å². The van der Waals surface area contributed by atoms with Crippen LogP contribution in [0, 0.1) is 11.8 Å². The van der Waals surface area contributed by atoms with Crippen LogP contribution in [0.1, 0.15) is 59.6 Å². The number of carbonyl (C=O) groups excluding carboxylic acids is 1. The van der Waals surface area contributed by atoms with Crippen molar-refractivity contribution in [3.05, 3.63) is 65.5 Å². The Balaban J connectivity index is 1.44. The summed E-state index contributed by atoms with van der Waals surface area (Å²) < 4.78 is 6.35. The second-order valence-electron chi connectivity index (χ2n) is 9.23. The number of aromatic nitrogens is 1. The van der Waals surface area contributed by atoms with E-state index in [2.05, 4.69) is 40.2 Å². The summed E-state index contributed by atoms with van der Waals surface area (Å²) in [5.74, 6) is 0.987. The molecule has 0 unspecified atom stereocenters. The molecule has 5 nitrogen and oxygen atoms in total. The molecule has 2 N–H and O–H groups in total. The molecular formula is C25H31N3O2. The predicted molar refractivity (Wildman–Crippen MR) is 116 cm³/mol. The van der Waals surface area contributed by atoms with E-state index >= 15 is 0 Å². The lowest BCUT2D eigenvalue weighted by Gasteiger charge is -2.58. The van der Waals surface area contributed by atoms with Crippen molar-refractivity contribution in [1.29, 1.82) is 0 Å². The van der Waals surface area contributed by atoms with Crippen LogP contribution in [0.25, 0.3) is 0 Å². The van der Waals surface area contributed by atoms with Gasteiger partial charge in [0.2, 0.25) is 0 Å². The molecule has 2 saturated carbocycles. The van der Waals surface area contributed by atoms with Crippen molar-refractivity contribution < 1.29 is 9.53 Å². The van der Waals surface area contributed by atoms with Crippen LogP contribution < -0.4 is 5.73 Å². The summed E-state index contributed by atoms with van der Waals surface area (Å²) in [6, 6.07) is 15.5. The standard InChI is InChI=1S/C25H31N3O2/c1-30-25(18-12-13-27-22(14-18)24(26)29)19-8-5-9-20(25)16-28(15-19)23-11-10-21(23)17-6-3-2-4-7-17/h2-4,6-7,12-14,19-21,23H,5,8-11,15-16H2,1H3,(H2,26,29)/t19-,20+,21-,23+,25-/m0/s1. The van der Waals surface area contributed by atoms with Crippen molar-refractivity contribution in [2.75, 3.05) is 20.2 Å². The van der Waals surface area contributed by atoms with Gasteiger partial charge in [-0.1, -0.05) is 36.8 Å². The number of hydrogen-bond donors (Lipinski definition) is 1. The first-order chi connectivity index (χ1) is 14.6. The number of benzene rings is 1. The molecule has 2 aromatic rings. The van der Waals surface area contributed by atoms with Gasteiger partial charge in [0.05, 0.1) is 0 Å². The number of nitrogens with two attached hydrogens (primary N) is 1. The molecule has 5 rings (SSSR count). The Hall–Kier alpha value is -2.24. The Morgan fingerprint density at radius 2 is 1.83 bits per heavy atom. The molecule has 2 aliphatic carbocycles. The second-order valence-corrected chi connectivity index (χ2v) is 9.23. The average molecular weight is 406 g/mol. The van der Waals surface area contributed by atoms with Gasteiger partial charge in [-0.25, -0.2) is 0 Å². The predicted octanol–water partition coefficient (Wildman–Crippen LogP) is 3.70. The highest BCUT2D eigenvalue weighted by Gasteiger charge is 2.55. The Bertz CT molecular complexity index is 902. The molecule has 1 amide bonds. The van der Waals surface area contributed by atoms with E-state index in [0.29, 0.717) is 29.5 Å². The fourth-order valence-electron chi connectivity index (χ4n) is 6.48. The van der Waals surface area contributed by atoms with Crippen molar-refractivity contribution in [3.63, 3.8) is 0 Å². The molecule has 1 aromatic heterocycles. The number of likely N-dealkylation sites (tertiary alicyclic amines) is 1. The monoisotopic (exact) mass is 405 g/mol. The van der Waals surface area contributed by atoms with Gasteiger partial charge in [0.1, 0.15) is 11.3 Å². The van der Waals surface area contributed by atoms with Crippen LogP contribution in [0.2, 0.25) is 0 Å². The molecule has 0 spiro atoms. The van der Waals surface area contributed by atoms with Crippen molar-refractivity contribution in [3.8, 4) is 0 Å². The normalized spacial score (nSPS) is 33.6. The lowest BCUT2D eigenvalue weighted by molar-refractivity contribution is -0.179. The van der Waals surface area contributed by atoms with E-state index in [-0.39, 0.29) is 5.60 Å². The molecule has 5 heteroatoms.